The lowest BCUT2D eigenvalue weighted by Gasteiger charge is -2.39. The molecule has 0 aromatic heterocycles. The zero-order valence-corrected chi connectivity index (χ0v) is 16.0. The van der Waals surface area contributed by atoms with Crippen molar-refractivity contribution < 1.29 is 47.4 Å². The second kappa shape index (κ2) is 9.47. The number of thioether (sulfide) groups is 1. The van der Waals surface area contributed by atoms with E-state index in [-0.39, 0.29) is 0 Å². The summed E-state index contributed by atoms with van der Waals surface area (Å²) >= 11 is 0.333. The van der Waals surface area contributed by atoms with Gasteiger partial charge in [-0.1, -0.05) is 34.5 Å². The monoisotopic (exact) mass is 439 g/mol. The number of nitrogens with zero attached hydrogens (tertiary/aromatic N) is 1. The number of rotatable bonds is 6. The molecule has 158 valence electrons. The van der Waals surface area contributed by atoms with E-state index in [0.29, 0.717) is 17.3 Å². The summed E-state index contributed by atoms with van der Waals surface area (Å²) in [5.41, 5.74) is -1.11. The van der Waals surface area contributed by atoms with Gasteiger partial charge in [-0.25, -0.2) is 4.55 Å². The predicted molar refractivity (Wildman–Crippen MR) is 97.6 cm³/mol. The summed E-state index contributed by atoms with van der Waals surface area (Å²) in [4.78, 5) is 0. The molecule has 1 saturated heterocycles. The fourth-order valence-corrected chi connectivity index (χ4v) is 4.40. The minimum Gasteiger partial charge on any atom is -0.605 e. The van der Waals surface area contributed by atoms with Gasteiger partial charge in [0.2, 0.25) is 5.04 Å². The molecule has 0 saturated carbocycles. The van der Waals surface area contributed by atoms with Crippen LogP contribution in [-0.4, -0.2) is 84.1 Å². The van der Waals surface area contributed by atoms with Gasteiger partial charge < -0.3 is 35.5 Å². The highest BCUT2D eigenvalue weighted by atomic mass is 32.2. The Hall–Kier alpha value is -1.29. The van der Waals surface area contributed by atoms with Crippen LogP contribution in [-0.2, 0) is 15.0 Å². The predicted octanol–water partition coefficient (Wildman–Crippen LogP) is -1.65. The Bertz CT molecular complexity index is 785. The lowest BCUT2D eigenvalue weighted by atomic mass is 10.0. The normalized spacial score (nSPS) is 30.6. The molecule has 0 bridgehead atoms. The fourth-order valence-electron chi connectivity index (χ4n) is 2.55. The molecule has 28 heavy (non-hydrogen) atoms. The van der Waals surface area contributed by atoms with Gasteiger partial charge in [0.15, 0.2) is 0 Å². The van der Waals surface area contributed by atoms with Gasteiger partial charge in [0, 0.05) is 0 Å². The average molecular weight is 439 g/mol. The first-order valence-electron chi connectivity index (χ1n) is 8.07. The van der Waals surface area contributed by atoms with Crippen LogP contribution in [0.4, 0.5) is 0 Å². The van der Waals surface area contributed by atoms with Crippen LogP contribution >= 0.6 is 11.8 Å². The first-order valence-corrected chi connectivity index (χ1v) is 10.3. The standard InChI is InChI=1S/C15H21NO10S2/c17-7-10-12(19)13(20)14(21)15(26-10)27-11(16(22)28(23,24)25)6-9(18)8-4-2-1-3-5-8/h1-5,9-10,12-15,17-21H,6-7H2,(H,23,24,25)/t9-,10-,12-,13-,14-,15-/m1/s1. The highest BCUT2D eigenvalue weighted by Gasteiger charge is 2.45. The summed E-state index contributed by atoms with van der Waals surface area (Å²) in [6, 6.07) is 7.97. The van der Waals surface area contributed by atoms with Crippen molar-refractivity contribution in [2.75, 3.05) is 6.61 Å². The van der Waals surface area contributed by atoms with Crippen LogP contribution in [0.1, 0.15) is 18.1 Å². The summed E-state index contributed by atoms with van der Waals surface area (Å²) in [5, 5.41) is 60.5. The minimum atomic E-state index is -5.23. The van der Waals surface area contributed by atoms with Crippen molar-refractivity contribution in [1.29, 1.82) is 0 Å². The summed E-state index contributed by atoms with van der Waals surface area (Å²) in [6.45, 7) is -0.719. The van der Waals surface area contributed by atoms with Crippen LogP contribution in [0.5, 0.6) is 0 Å². The van der Waals surface area contributed by atoms with Gasteiger partial charge in [0.05, 0.1) is 19.1 Å². The highest BCUT2D eigenvalue weighted by Crippen LogP contribution is 2.32. The van der Waals surface area contributed by atoms with E-state index in [1.807, 2.05) is 0 Å². The van der Waals surface area contributed by atoms with E-state index in [4.69, 9.17) is 9.29 Å². The maximum Gasteiger partial charge on any atom is 0.518 e. The van der Waals surface area contributed by atoms with Gasteiger partial charge in [-0.2, -0.15) is 0 Å². The molecule has 2 rings (SSSR count). The first-order chi connectivity index (χ1) is 13.1. The summed E-state index contributed by atoms with van der Waals surface area (Å²) in [5.74, 6) is 0. The van der Waals surface area contributed by atoms with Crippen molar-refractivity contribution in [2.24, 2.45) is 0 Å². The number of ether oxygens (including phenoxy) is 1. The van der Waals surface area contributed by atoms with E-state index in [0.717, 1.165) is 0 Å². The molecule has 11 nitrogen and oxygen atoms in total. The molecule has 1 fully saturated rings. The highest BCUT2D eigenvalue weighted by molar-refractivity contribution is 8.14. The summed E-state index contributed by atoms with van der Waals surface area (Å²) in [7, 11) is -5.23. The molecule has 1 heterocycles. The molecule has 1 aliphatic rings. The van der Waals surface area contributed by atoms with Gasteiger partial charge in [-0.15, -0.1) is 8.42 Å². The van der Waals surface area contributed by atoms with Crippen molar-refractivity contribution in [3.05, 3.63) is 41.1 Å². The third kappa shape index (κ3) is 5.40. The van der Waals surface area contributed by atoms with Crippen LogP contribution < -0.4 is 0 Å². The molecular weight excluding hydrogens is 418 g/mol. The van der Waals surface area contributed by atoms with Gasteiger partial charge in [-0.3, -0.25) is 0 Å². The van der Waals surface area contributed by atoms with Gasteiger partial charge in [0.25, 0.3) is 0 Å². The Labute approximate surface area is 165 Å². The molecule has 0 radical (unpaired) electrons. The van der Waals surface area contributed by atoms with Gasteiger partial charge >= 0.3 is 10.3 Å². The Morgan fingerprint density at radius 2 is 1.79 bits per heavy atom. The zero-order chi connectivity index (χ0) is 21.1. The van der Waals surface area contributed by atoms with Crippen molar-refractivity contribution in [1.82, 2.24) is 0 Å². The van der Waals surface area contributed by atoms with Crippen LogP contribution in [0.25, 0.3) is 0 Å². The first kappa shape index (κ1) is 23.0. The van der Waals surface area contributed by atoms with Crippen molar-refractivity contribution in [2.45, 2.75) is 42.4 Å². The Kier molecular flexibility index (Phi) is 7.78. The Morgan fingerprint density at radius 3 is 2.32 bits per heavy atom. The van der Waals surface area contributed by atoms with E-state index >= 15 is 0 Å². The van der Waals surface area contributed by atoms with Gasteiger partial charge in [-0.05, 0) is 17.3 Å². The van der Waals surface area contributed by atoms with Crippen LogP contribution in [0, 0.1) is 5.21 Å². The third-order valence-electron chi connectivity index (χ3n) is 4.07. The average Bonchev–Trinajstić information content (AvgIpc) is 2.66. The largest absolute Gasteiger partial charge is 0.605 e. The lowest BCUT2D eigenvalue weighted by molar-refractivity contribution is -0.290. The van der Waals surface area contributed by atoms with Crippen LogP contribution in [0.2, 0.25) is 0 Å². The molecule has 6 N–H and O–H groups in total. The van der Waals surface area contributed by atoms with E-state index < -0.39 is 68.5 Å². The molecule has 6 atom stereocenters. The number of hydrogen-bond acceptors (Lipinski definition) is 10. The number of hydrogen-bond donors (Lipinski definition) is 6. The van der Waals surface area contributed by atoms with Crippen LogP contribution in [0.15, 0.2) is 30.3 Å². The summed E-state index contributed by atoms with van der Waals surface area (Å²) in [6.07, 6.45) is -8.29. The maximum atomic E-state index is 12.0. The SMILES string of the molecule is O=S(=O)(O)[N+]([O-])=C(C[C@@H](O)c1ccccc1)S[C@H]1O[C@H](CO)[C@@H](O)[C@@H](O)[C@H]1O. The van der Waals surface area contributed by atoms with Crippen molar-refractivity contribution in [3.63, 3.8) is 0 Å². The van der Waals surface area contributed by atoms with E-state index in [1.165, 1.54) is 12.1 Å². The smallest absolute Gasteiger partial charge is 0.518 e. The maximum absolute atomic E-state index is 12.0. The van der Waals surface area contributed by atoms with Gasteiger partial charge in [0.1, 0.15) is 29.9 Å². The molecule has 0 spiro atoms. The van der Waals surface area contributed by atoms with Crippen molar-refractivity contribution >= 4 is 27.1 Å². The molecule has 0 amide bonds. The second-order valence-corrected chi connectivity index (χ2v) is 8.44. The van der Waals surface area contributed by atoms with E-state index in [1.54, 1.807) is 18.2 Å². The lowest BCUT2D eigenvalue weighted by Crippen LogP contribution is -2.57. The third-order valence-corrected chi connectivity index (χ3v) is 6.05. The molecule has 1 aromatic carbocycles. The number of aliphatic hydroxyl groups excluding tert-OH is 5. The summed E-state index contributed by atoms with van der Waals surface area (Å²) < 4.78 is 36.1. The van der Waals surface area contributed by atoms with E-state index in [9.17, 15) is 39.2 Å². The zero-order valence-electron chi connectivity index (χ0n) is 14.3. The molecule has 1 aliphatic heterocycles. The number of aliphatic hydroxyl groups is 5. The van der Waals surface area contributed by atoms with Crippen LogP contribution in [0.3, 0.4) is 0 Å². The quantitative estimate of drug-likeness (QED) is 0.0743. The Balaban J connectivity index is 2.30. The minimum absolute atomic E-state index is 0.333. The second-order valence-electron chi connectivity index (χ2n) is 6.04. The molecule has 1 aromatic rings. The molecule has 0 unspecified atom stereocenters. The topological polar surface area (TPSA) is 191 Å². The fraction of sp³-hybridized carbons (Fsp3) is 0.533. The Morgan fingerprint density at radius 1 is 1.18 bits per heavy atom. The van der Waals surface area contributed by atoms with E-state index in [2.05, 4.69) is 0 Å². The molecule has 0 aliphatic carbocycles. The molecule has 13 heteroatoms. The number of benzene rings is 1. The van der Waals surface area contributed by atoms with Crippen molar-refractivity contribution in [3.8, 4) is 0 Å². The molecular formula is C15H21NO10S2.